The van der Waals surface area contributed by atoms with Gasteiger partial charge in [0, 0.05) is 18.7 Å². The SMILES string of the molecule is CC(C)CN(C(=O)COC(=O)c1ccc(N)c([N+](=O)[O-])c1)[C@H]1CCS(=O)(=O)C1. The first-order chi connectivity index (χ1) is 13.0. The number of sulfone groups is 1. The molecule has 1 amide bonds. The van der Waals surface area contributed by atoms with Crippen molar-refractivity contribution < 1.29 is 27.7 Å². The number of rotatable bonds is 7. The Hall–Kier alpha value is -2.69. The number of benzene rings is 1. The number of ether oxygens (including phenoxy) is 1. The monoisotopic (exact) mass is 413 g/mol. The van der Waals surface area contributed by atoms with Crippen LogP contribution in [-0.4, -0.2) is 60.8 Å². The predicted octanol–water partition coefficient (Wildman–Crippen LogP) is 1.01. The number of carbonyl (C=O) groups is 2. The summed E-state index contributed by atoms with van der Waals surface area (Å²) in [5, 5.41) is 10.9. The van der Waals surface area contributed by atoms with E-state index in [4.69, 9.17) is 10.5 Å². The Morgan fingerprint density at radius 2 is 2.07 bits per heavy atom. The molecule has 28 heavy (non-hydrogen) atoms. The summed E-state index contributed by atoms with van der Waals surface area (Å²) in [5.74, 6) is -1.39. The molecule has 2 N–H and O–H groups in total. The number of amides is 1. The van der Waals surface area contributed by atoms with E-state index >= 15 is 0 Å². The molecule has 2 rings (SSSR count). The van der Waals surface area contributed by atoms with Crippen LogP contribution in [0.2, 0.25) is 0 Å². The second-order valence-corrected chi connectivity index (χ2v) is 9.33. The van der Waals surface area contributed by atoms with Crippen molar-refractivity contribution in [2.45, 2.75) is 26.3 Å². The first kappa shape index (κ1) is 21.6. The molecule has 0 spiro atoms. The van der Waals surface area contributed by atoms with E-state index in [2.05, 4.69) is 0 Å². The largest absolute Gasteiger partial charge is 0.452 e. The minimum Gasteiger partial charge on any atom is -0.452 e. The van der Waals surface area contributed by atoms with Gasteiger partial charge in [-0.15, -0.1) is 0 Å². The molecule has 0 unspecified atom stereocenters. The Balaban J connectivity index is 2.06. The summed E-state index contributed by atoms with van der Waals surface area (Å²) in [4.78, 5) is 36.4. The number of carbonyl (C=O) groups excluding carboxylic acids is 2. The predicted molar refractivity (Wildman–Crippen MR) is 101 cm³/mol. The van der Waals surface area contributed by atoms with Crippen LogP contribution in [0.4, 0.5) is 11.4 Å². The van der Waals surface area contributed by atoms with Gasteiger partial charge in [-0.05, 0) is 24.5 Å². The maximum Gasteiger partial charge on any atom is 0.338 e. The number of hydrogen-bond donors (Lipinski definition) is 1. The van der Waals surface area contributed by atoms with Crippen LogP contribution in [0.5, 0.6) is 0 Å². The van der Waals surface area contributed by atoms with Gasteiger partial charge in [0.1, 0.15) is 5.69 Å². The van der Waals surface area contributed by atoms with E-state index in [1.54, 1.807) is 0 Å². The normalized spacial score (nSPS) is 18.0. The van der Waals surface area contributed by atoms with Crippen LogP contribution in [0.1, 0.15) is 30.6 Å². The van der Waals surface area contributed by atoms with Crippen LogP contribution in [-0.2, 0) is 19.4 Å². The molecule has 10 nitrogen and oxygen atoms in total. The second kappa shape index (κ2) is 8.55. The third-order valence-electron chi connectivity index (χ3n) is 4.32. The summed E-state index contributed by atoms with van der Waals surface area (Å²) in [6.45, 7) is 3.54. The molecule has 0 saturated carbocycles. The fourth-order valence-electron chi connectivity index (χ4n) is 2.99. The highest BCUT2D eigenvalue weighted by Crippen LogP contribution is 2.23. The summed E-state index contributed by atoms with van der Waals surface area (Å²) in [5.41, 5.74) is 4.86. The molecule has 1 heterocycles. The van der Waals surface area contributed by atoms with Crippen LogP contribution >= 0.6 is 0 Å². The van der Waals surface area contributed by atoms with Crippen molar-refractivity contribution in [2.75, 3.05) is 30.4 Å². The van der Waals surface area contributed by atoms with E-state index in [1.807, 2.05) is 13.8 Å². The number of nitrogen functional groups attached to an aromatic ring is 1. The molecule has 1 aliphatic rings. The van der Waals surface area contributed by atoms with Crippen molar-refractivity contribution in [1.29, 1.82) is 0 Å². The molecular formula is C17H23N3O7S. The minimum absolute atomic E-state index is 0.0223. The minimum atomic E-state index is -3.18. The Labute approximate surface area is 162 Å². The lowest BCUT2D eigenvalue weighted by molar-refractivity contribution is -0.383. The number of nitro benzene ring substituents is 1. The maximum atomic E-state index is 12.6. The van der Waals surface area contributed by atoms with Gasteiger partial charge in [-0.25, -0.2) is 13.2 Å². The molecule has 0 bridgehead atoms. The van der Waals surface area contributed by atoms with Crippen LogP contribution in [0.25, 0.3) is 0 Å². The Kier molecular flexibility index (Phi) is 6.60. The highest BCUT2D eigenvalue weighted by Gasteiger charge is 2.35. The number of nitrogens with zero attached hydrogens (tertiary/aromatic N) is 2. The summed E-state index contributed by atoms with van der Waals surface area (Å²) in [6, 6.07) is 3.02. The van der Waals surface area contributed by atoms with Crippen LogP contribution < -0.4 is 5.73 Å². The summed E-state index contributed by atoms with van der Waals surface area (Å²) >= 11 is 0. The first-order valence-electron chi connectivity index (χ1n) is 8.71. The van der Waals surface area contributed by atoms with Gasteiger partial charge in [-0.1, -0.05) is 13.8 Å². The van der Waals surface area contributed by atoms with E-state index in [0.717, 1.165) is 6.07 Å². The highest BCUT2D eigenvalue weighted by molar-refractivity contribution is 7.91. The zero-order valence-electron chi connectivity index (χ0n) is 15.7. The van der Waals surface area contributed by atoms with E-state index in [9.17, 15) is 28.1 Å². The van der Waals surface area contributed by atoms with Crippen LogP contribution in [0.3, 0.4) is 0 Å². The number of esters is 1. The fourth-order valence-corrected chi connectivity index (χ4v) is 4.72. The van der Waals surface area contributed by atoms with E-state index in [-0.39, 0.29) is 28.7 Å². The second-order valence-electron chi connectivity index (χ2n) is 7.10. The quantitative estimate of drug-likeness (QED) is 0.301. The summed E-state index contributed by atoms with van der Waals surface area (Å²) < 4.78 is 28.5. The molecule has 0 radical (unpaired) electrons. The molecule has 154 valence electrons. The molecular weight excluding hydrogens is 390 g/mol. The number of nitro groups is 1. The van der Waals surface area contributed by atoms with Gasteiger partial charge >= 0.3 is 5.97 Å². The lowest BCUT2D eigenvalue weighted by atomic mass is 10.1. The number of hydrogen-bond acceptors (Lipinski definition) is 8. The Bertz CT molecular complexity index is 883. The molecule has 1 fully saturated rings. The molecule has 11 heteroatoms. The van der Waals surface area contributed by atoms with Gasteiger partial charge in [0.05, 0.1) is 22.0 Å². The molecule has 1 aliphatic heterocycles. The van der Waals surface area contributed by atoms with E-state index < -0.39 is 45.0 Å². The number of nitrogens with two attached hydrogens (primary N) is 1. The van der Waals surface area contributed by atoms with Crippen LogP contribution in [0, 0.1) is 16.0 Å². The van der Waals surface area contributed by atoms with Crippen molar-refractivity contribution in [3.8, 4) is 0 Å². The maximum absolute atomic E-state index is 12.6. The third-order valence-corrected chi connectivity index (χ3v) is 6.07. The molecule has 1 aromatic carbocycles. The van der Waals surface area contributed by atoms with Crippen LogP contribution in [0.15, 0.2) is 18.2 Å². The first-order valence-corrected chi connectivity index (χ1v) is 10.5. The van der Waals surface area contributed by atoms with Crippen molar-refractivity contribution >= 4 is 33.1 Å². The lowest BCUT2D eigenvalue weighted by Gasteiger charge is -2.29. The third kappa shape index (κ3) is 5.41. The summed E-state index contributed by atoms with van der Waals surface area (Å²) in [7, 11) is -3.18. The van der Waals surface area contributed by atoms with E-state index in [1.165, 1.54) is 17.0 Å². The van der Waals surface area contributed by atoms with Crippen molar-refractivity contribution in [2.24, 2.45) is 5.92 Å². The van der Waals surface area contributed by atoms with Gasteiger partial charge in [0.15, 0.2) is 16.4 Å². The van der Waals surface area contributed by atoms with Gasteiger partial charge < -0.3 is 15.4 Å². The Morgan fingerprint density at radius 1 is 1.39 bits per heavy atom. The zero-order valence-corrected chi connectivity index (χ0v) is 16.5. The highest BCUT2D eigenvalue weighted by atomic mass is 32.2. The van der Waals surface area contributed by atoms with Crippen molar-refractivity contribution in [3.05, 3.63) is 33.9 Å². The van der Waals surface area contributed by atoms with E-state index in [0.29, 0.717) is 13.0 Å². The summed E-state index contributed by atoms with van der Waals surface area (Å²) in [6.07, 6.45) is 0.346. The van der Waals surface area contributed by atoms with Gasteiger partial charge in [-0.3, -0.25) is 14.9 Å². The fraction of sp³-hybridized carbons (Fsp3) is 0.529. The van der Waals surface area contributed by atoms with Gasteiger partial charge in [-0.2, -0.15) is 0 Å². The average Bonchev–Trinajstić information content (AvgIpc) is 2.96. The Morgan fingerprint density at radius 3 is 2.61 bits per heavy atom. The standard InChI is InChI=1S/C17H23N3O7S/c1-11(2)8-19(13-5-6-28(25,26)10-13)16(21)9-27-17(22)12-3-4-14(18)15(7-12)20(23)24/h3-4,7,11,13H,5-6,8-10,18H2,1-2H3/t13-/m0/s1. The molecule has 0 aromatic heterocycles. The lowest BCUT2D eigenvalue weighted by Crippen LogP contribution is -2.45. The van der Waals surface area contributed by atoms with Crippen molar-refractivity contribution in [1.82, 2.24) is 4.90 Å². The number of anilines is 1. The van der Waals surface area contributed by atoms with Crippen molar-refractivity contribution in [3.63, 3.8) is 0 Å². The smallest absolute Gasteiger partial charge is 0.338 e. The topological polar surface area (TPSA) is 150 Å². The zero-order chi connectivity index (χ0) is 21.1. The molecule has 1 atom stereocenters. The van der Waals surface area contributed by atoms with Gasteiger partial charge in [0.2, 0.25) is 0 Å². The average molecular weight is 413 g/mol. The van der Waals surface area contributed by atoms with Gasteiger partial charge in [0.25, 0.3) is 11.6 Å². The molecule has 1 saturated heterocycles. The molecule has 1 aromatic rings. The molecule has 0 aliphatic carbocycles.